The highest BCUT2D eigenvalue weighted by Crippen LogP contribution is 2.26. The molecule has 1 atom stereocenters. The number of morpholine rings is 1. The third-order valence-electron chi connectivity index (χ3n) is 3.70. The normalized spacial score (nSPS) is 19.5. The Labute approximate surface area is 128 Å². The van der Waals surface area contributed by atoms with E-state index in [9.17, 15) is 5.11 Å². The average molecular weight is 310 g/mol. The lowest BCUT2D eigenvalue weighted by molar-refractivity contribution is 0.00334. The number of nitrogens with zero attached hydrogens (tertiary/aromatic N) is 3. The van der Waals surface area contributed by atoms with Gasteiger partial charge < -0.3 is 20.1 Å². The molecule has 6 nitrogen and oxygen atoms in total. The van der Waals surface area contributed by atoms with Crippen LogP contribution in [0.4, 0.5) is 5.82 Å². The summed E-state index contributed by atoms with van der Waals surface area (Å²) in [6.45, 7) is 6.18. The number of fused-ring (bicyclic) bond motifs is 1. The highest BCUT2D eigenvalue weighted by Gasteiger charge is 2.25. The number of hydrogen-bond donors (Lipinski definition) is 2. The Kier molecular flexibility index (Phi) is 4.74. The zero-order valence-electron chi connectivity index (χ0n) is 12.3. The summed E-state index contributed by atoms with van der Waals surface area (Å²) in [6.07, 6.45) is 3.07. The molecule has 0 spiro atoms. The van der Waals surface area contributed by atoms with Gasteiger partial charge in [-0.3, -0.25) is 4.40 Å². The van der Waals surface area contributed by atoms with Crippen molar-refractivity contribution in [3.05, 3.63) is 17.3 Å². The second-order valence-electron chi connectivity index (χ2n) is 5.24. The van der Waals surface area contributed by atoms with E-state index in [0.717, 1.165) is 36.8 Å². The van der Waals surface area contributed by atoms with E-state index in [0.29, 0.717) is 13.2 Å². The van der Waals surface area contributed by atoms with E-state index in [1.165, 1.54) is 5.69 Å². The van der Waals surface area contributed by atoms with Crippen LogP contribution in [-0.4, -0.2) is 53.4 Å². The zero-order chi connectivity index (χ0) is 14.7. The Hall–Kier alpha value is -1.15. The number of imidazole rings is 1. The molecule has 1 unspecified atom stereocenters. The van der Waals surface area contributed by atoms with Gasteiger partial charge in [0.2, 0.25) is 0 Å². The van der Waals surface area contributed by atoms with Crippen LogP contribution in [0.2, 0.25) is 0 Å². The summed E-state index contributed by atoms with van der Waals surface area (Å²) in [5.74, 6) is 1.02. The molecular weight excluding hydrogens is 288 g/mol. The number of hydrogen-bond acceptors (Lipinski definition) is 6. The summed E-state index contributed by atoms with van der Waals surface area (Å²) in [5.41, 5.74) is 1.19. The predicted octanol–water partition coefficient (Wildman–Crippen LogP) is 1.09. The minimum atomic E-state index is -0.116. The predicted molar refractivity (Wildman–Crippen MR) is 84.1 cm³/mol. The molecule has 1 aliphatic heterocycles. The zero-order valence-corrected chi connectivity index (χ0v) is 13.1. The second-order valence-corrected chi connectivity index (χ2v) is 6.11. The molecule has 2 N–H and O–H groups in total. The summed E-state index contributed by atoms with van der Waals surface area (Å²) in [6, 6.07) is 0. The van der Waals surface area contributed by atoms with E-state index >= 15 is 0 Å². The number of ether oxygens (including phenoxy) is 1. The number of nitrogens with one attached hydrogen (secondary N) is 1. The smallest absolute Gasteiger partial charge is 0.195 e. The fraction of sp³-hybridized carbons (Fsp3) is 0.643. The molecular formula is C14H22N4O2S. The third kappa shape index (κ3) is 3.06. The van der Waals surface area contributed by atoms with Crippen LogP contribution >= 0.6 is 11.3 Å². The third-order valence-corrected chi connectivity index (χ3v) is 4.46. The molecule has 116 valence electrons. The van der Waals surface area contributed by atoms with Crippen LogP contribution in [0.5, 0.6) is 0 Å². The first-order valence-corrected chi connectivity index (χ1v) is 8.34. The van der Waals surface area contributed by atoms with Crippen molar-refractivity contribution in [2.75, 3.05) is 37.7 Å². The lowest BCUT2D eigenvalue weighted by Gasteiger charge is -2.32. The first-order valence-electron chi connectivity index (χ1n) is 7.46. The first kappa shape index (κ1) is 14.8. The van der Waals surface area contributed by atoms with Gasteiger partial charge in [0.15, 0.2) is 10.8 Å². The molecule has 0 amide bonds. The maximum atomic E-state index is 9.31. The molecule has 1 saturated heterocycles. The number of aromatic nitrogens is 2. The highest BCUT2D eigenvalue weighted by atomic mass is 32.1. The van der Waals surface area contributed by atoms with Crippen LogP contribution in [-0.2, 0) is 11.3 Å². The van der Waals surface area contributed by atoms with E-state index in [4.69, 9.17) is 9.72 Å². The summed E-state index contributed by atoms with van der Waals surface area (Å²) in [5, 5.41) is 14.8. The second kappa shape index (κ2) is 6.74. The van der Waals surface area contributed by atoms with Gasteiger partial charge in [-0.25, -0.2) is 4.98 Å². The number of aliphatic hydroxyl groups is 1. The van der Waals surface area contributed by atoms with E-state index < -0.39 is 0 Å². The number of rotatable bonds is 6. The van der Waals surface area contributed by atoms with Gasteiger partial charge in [0.25, 0.3) is 0 Å². The molecule has 3 heterocycles. The maximum Gasteiger partial charge on any atom is 0.195 e. The van der Waals surface area contributed by atoms with Crippen molar-refractivity contribution in [2.45, 2.75) is 26.0 Å². The molecule has 0 radical (unpaired) electrons. The molecule has 1 aliphatic rings. The van der Waals surface area contributed by atoms with Gasteiger partial charge in [-0.1, -0.05) is 6.92 Å². The van der Waals surface area contributed by atoms with Crippen LogP contribution in [0.1, 0.15) is 19.0 Å². The van der Waals surface area contributed by atoms with Crippen molar-refractivity contribution < 1.29 is 9.84 Å². The summed E-state index contributed by atoms with van der Waals surface area (Å²) < 4.78 is 7.69. The van der Waals surface area contributed by atoms with Crippen LogP contribution in [0.15, 0.2) is 11.6 Å². The minimum Gasteiger partial charge on any atom is -0.394 e. The quantitative estimate of drug-likeness (QED) is 0.782. The van der Waals surface area contributed by atoms with Crippen molar-refractivity contribution in [3.8, 4) is 0 Å². The van der Waals surface area contributed by atoms with Gasteiger partial charge in [-0.15, -0.1) is 11.3 Å². The van der Waals surface area contributed by atoms with Crippen molar-refractivity contribution in [1.29, 1.82) is 0 Å². The standard InChI is InChI=1S/C14H22N4O2S/c1-2-3-15-8-12-13(16-14-18(12)5-7-21-14)17-4-6-20-11(9-17)10-19/h5,7,11,15,19H,2-4,6,8-10H2,1H3. The van der Waals surface area contributed by atoms with Crippen LogP contribution < -0.4 is 10.2 Å². The fourth-order valence-corrected chi connectivity index (χ4v) is 3.37. The molecule has 2 aromatic rings. The van der Waals surface area contributed by atoms with E-state index in [1.807, 2.05) is 0 Å². The lowest BCUT2D eigenvalue weighted by atomic mass is 10.2. The molecule has 3 rings (SSSR count). The van der Waals surface area contributed by atoms with Crippen LogP contribution in [0.3, 0.4) is 0 Å². The van der Waals surface area contributed by atoms with Gasteiger partial charge in [0.1, 0.15) is 0 Å². The molecule has 0 aliphatic carbocycles. The van der Waals surface area contributed by atoms with Crippen molar-refractivity contribution >= 4 is 22.1 Å². The van der Waals surface area contributed by atoms with Gasteiger partial charge in [0, 0.05) is 31.2 Å². The Morgan fingerprint density at radius 1 is 1.57 bits per heavy atom. The summed E-state index contributed by atoms with van der Waals surface area (Å²) in [4.78, 5) is 8.02. The Morgan fingerprint density at radius 3 is 3.29 bits per heavy atom. The summed E-state index contributed by atoms with van der Waals surface area (Å²) in [7, 11) is 0. The Morgan fingerprint density at radius 2 is 2.48 bits per heavy atom. The van der Waals surface area contributed by atoms with Gasteiger partial charge in [-0.05, 0) is 13.0 Å². The maximum absolute atomic E-state index is 9.31. The first-order chi connectivity index (χ1) is 10.3. The molecule has 2 aromatic heterocycles. The molecule has 21 heavy (non-hydrogen) atoms. The van der Waals surface area contributed by atoms with Crippen LogP contribution in [0.25, 0.3) is 4.96 Å². The molecule has 0 bridgehead atoms. The lowest BCUT2D eigenvalue weighted by Crippen LogP contribution is -2.44. The number of thiazole rings is 1. The van der Waals surface area contributed by atoms with E-state index in [1.54, 1.807) is 11.3 Å². The average Bonchev–Trinajstić information content (AvgIpc) is 3.09. The topological polar surface area (TPSA) is 62.0 Å². The minimum absolute atomic E-state index is 0.0577. The SMILES string of the molecule is CCCNCc1c(N2CCOC(CO)C2)nc2sccn12. The van der Waals surface area contributed by atoms with Gasteiger partial charge >= 0.3 is 0 Å². The van der Waals surface area contributed by atoms with Gasteiger partial charge in [0.05, 0.1) is 25.0 Å². The van der Waals surface area contributed by atoms with E-state index in [2.05, 4.69) is 33.1 Å². The van der Waals surface area contributed by atoms with Crippen LogP contribution in [0, 0.1) is 0 Å². The fourth-order valence-electron chi connectivity index (χ4n) is 2.64. The number of anilines is 1. The van der Waals surface area contributed by atoms with Gasteiger partial charge in [-0.2, -0.15) is 0 Å². The van der Waals surface area contributed by atoms with Crippen molar-refractivity contribution in [1.82, 2.24) is 14.7 Å². The molecule has 1 fully saturated rings. The van der Waals surface area contributed by atoms with Crippen molar-refractivity contribution in [3.63, 3.8) is 0 Å². The Bertz CT molecular complexity index is 583. The van der Waals surface area contributed by atoms with Crippen molar-refractivity contribution in [2.24, 2.45) is 0 Å². The highest BCUT2D eigenvalue weighted by molar-refractivity contribution is 7.15. The Balaban J connectivity index is 1.85. The molecule has 0 aromatic carbocycles. The monoisotopic (exact) mass is 310 g/mol. The summed E-state index contributed by atoms with van der Waals surface area (Å²) >= 11 is 1.65. The number of aliphatic hydroxyl groups excluding tert-OH is 1. The molecule has 0 saturated carbocycles. The van der Waals surface area contributed by atoms with E-state index in [-0.39, 0.29) is 12.7 Å². The largest absolute Gasteiger partial charge is 0.394 e. The molecule has 7 heteroatoms.